The maximum absolute atomic E-state index is 12.1. The number of nitrogen functional groups attached to an aromatic ring is 1. The SMILES string of the molecule is C[C@H](NC(=O)c1ccc(Cl)c(N)c1)c1ccc(Br)cc1. The van der Waals surface area contributed by atoms with Gasteiger partial charge in [-0.05, 0) is 42.8 Å². The van der Waals surface area contributed by atoms with Crippen molar-refractivity contribution in [3.63, 3.8) is 0 Å². The van der Waals surface area contributed by atoms with E-state index in [1.54, 1.807) is 18.2 Å². The van der Waals surface area contributed by atoms with Crippen molar-refractivity contribution in [1.29, 1.82) is 0 Å². The van der Waals surface area contributed by atoms with Crippen LogP contribution in [0.4, 0.5) is 5.69 Å². The van der Waals surface area contributed by atoms with Crippen molar-refractivity contribution in [2.24, 2.45) is 0 Å². The van der Waals surface area contributed by atoms with Crippen LogP contribution in [-0.2, 0) is 0 Å². The number of halogens is 2. The van der Waals surface area contributed by atoms with E-state index in [1.807, 2.05) is 31.2 Å². The van der Waals surface area contributed by atoms with Crippen molar-refractivity contribution < 1.29 is 4.79 Å². The van der Waals surface area contributed by atoms with Gasteiger partial charge in [0.25, 0.3) is 5.91 Å². The molecule has 0 aliphatic rings. The highest BCUT2D eigenvalue weighted by Gasteiger charge is 2.12. The average Bonchev–Trinajstić information content (AvgIpc) is 2.42. The van der Waals surface area contributed by atoms with E-state index in [1.165, 1.54) is 0 Å². The molecule has 0 radical (unpaired) electrons. The van der Waals surface area contributed by atoms with Crippen LogP contribution in [0.15, 0.2) is 46.9 Å². The summed E-state index contributed by atoms with van der Waals surface area (Å²) >= 11 is 9.22. The summed E-state index contributed by atoms with van der Waals surface area (Å²) in [5, 5.41) is 3.37. The van der Waals surface area contributed by atoms with Crippen molar-refractivity contribution >= 4 is 39.1 Å². The second-order valence-corrected chi connectivity index (χ2v) is 5.81. The van der Waals surface area contributed by atoms with Crippen LogP contribution < -0.4 is 11.1 Å². The van der Waals surface area contributed by atoms with E-state index < -0.39 is 0 Å². The Kier molecular flexibility index (Phi) is 4.68. The lowest BCUT2D eigenvalue weighted by molar-refractivity contribution is 0.0940. The Morgan fingerprint density at radius 2 is 1.90 bits per heavy atom. The Morgan fingerprint density at radius 1 is 1.25 bits per heavy atom. The first-order valence-corrected chi connectivity index (χ1v) is 7.26. The van der Waals surface area contributed by atoms with Gasteiger partial charge in [-0.25, -0.2) is 0 Å². The van der Waals surface area contributed by atoms with Crippen LogP contribution in [0.3, 0.4) is 0 Å². The van der Waals surface area contributed by atoms with Crippen LogP contribution in [0.5, 0.6) is 0 Å². The van der Waals surface area contributed by atoms with E-state index in [9.17, 15) is 4.79 Å². The molecule has 2 aromatic carbocycles. The van der Waals surface area contributed by atoms with E-state index in [2.05, 4.69) is 21.2 Å². The predicted molar refractivity (Wildman–Crippen MR) is 85.9 cm³/mol. The molecule has 0 aliphatic carbocycles. The summed E-state index contributed by atoms with van der Waals surface area (Å²) in [7, 11) is 0. The highest BCUT2D eigenvalue weighted by atomic mass is 79.9. The zero-order valence-electron chi connectivity index (χ0n) is 10.9. The molecule has 0 unspecified atom stereocenters. The lowest BCUT2D eigenvalue weighted by Crippen LogP contribution is -2.26. The van der Waals surface area contributed by atoms with Gasteiger partial charge in [-0.15, -0.1) is 0 Å². The fraction of sp³-hybridized carbons (Fsp3) is 0.133. The Hall–Kier alpha value is -1.52. The van der Waals surface area contributed by atoms with Gasteiger partial charge >= 0.3 is 0 Å². The third-order valence-electron chi connectivity index (χ3n) is 2.98. The molecule has 0 fully saturated rings. The van der Waals surface area contributed by atoms with Gasteiger partial charge in [0.1, 0.15) is 0 Å². The minimum absolute atomic E-state index is 0.0903. The highest BCUT2D eigenvalue weighted by molar-refractivity contribution is 9.10. The zero-order valence-corrected chi connectivity index (χ0v) is 13.2. The molecule has 3 N–H and O–H groups in total. The van der Waals surface area contributed by atoms with Crippen molar-refractivity contribution in [3.8, 4) is 0 Å². The summed E-state index contributed by atoms with van der Waals surface area (Å²) in [6.07, 6.45) is 0. The molecule has 1 atom stereocenters. The van der Waals surface area contributed by atoms with Crippen LogP contribution in [0, 0.1) is 0 Å². The van der Waals surface area contributed by atoms with Crippen molar-refractivity contribution in [3.05, 3.63) is 63.1 Å². The van der Waals surface area contributed by atoms with Gasteiger partial charge in [0.15, 0.2) is 0 Å². The maximum atomic E-state index is 12.1. The highest BCUT2D eigenvalue weighted by Crippen LogP contribution is 2.21. The Bertz CT molecular complexity index is 628. The molecule has 104 valence electrons. The summed E-state index contributed by atoms with van der Waals surface area (Å²) in [6, 6.07) is 12.6. The molecule has 5 heteroatoms. The number of nitrogens with two attached hydrogens (primary N) is 1. The first kappa shape index (κ1) is 14.9. The summed E-state index contributed by atoms with van der Waals surface area (Å²) in [4.78, 5) is 12.1. The molecule has 1 amide bonds. The molecule has 0 aliphatic heterocycles. The second-order valence-electron chi connectivity index (χ2n) is 4.48. The minimum atomic E-state index is -0.177. The summed E-state index contributed by atoms with van der Waals surface area (Å²) in [5.74, 6) is -0.177. The molecule has 20 heavy (non-hydrogen) atoms. The molecule has 0 saturated carbocycles. The van der Waals surface area contributed by atoms with Gasteiger partial charge in [-0.2, -0.15) is 0 Å². The lowest BCUT2D eigenvalue weighted by Gasteiger charge is -2.15. The monoisotopic (exact) mass is 352 g/mol. The molecular weight excluding hydrogens is 340 g/mol. The number of amides is 1. The third kappa shape index (κ3) is 3.52. The fourth-order valence-electron chi connectivity index (χ4n) is 1.80. The molecule has 0 saturated heterocycles. The standard InChI is InChI=1S/C15H14BrClN2O/c1-9(10-2-5-12(16)6-3-10)19-15(20)11-4-7-13(17)14(18)8-11/h2-9H,18H2,1H3,(H,19,20)/t9-/m0/s1. The number of anilines is 1. The summed E-state index contributed by atoms with van der Waals surface area (Å²) < 4.78 is 1.00. The van der Waals surface area contributed by atoms with Crippen LogP contribution in [0.1, 0.15) is 28.9 Å². The number of hydrogen-bond donors (Lipinski definition) is 2. The molecule has 3 nitrogen and oxygen atoms in total. The fourth-order valence-corrected chi connectivity index (χ4v) is 2.18. The van der Waals surface area contributed by atoms with E-state index >= 15 is 0 Å². The van der Waals surface area contributed by atoms with Crippen molar-refractivity contribution in [2.75, 3.05) is 5.73 Å². The van der Waals surface area contributed by atoms with Gasteiger partial charge in [-0.3, -0.25) is 4.79 Å². The molecule has 0 spiro atoms. The molecule has 2 rings (SSSR count). The molecular formula is C15H14BrClN2O. The molecule has 0 bridgehead atoms. The van der Waals surface area contributed by atoms with E-state index in [0.717, 1.165) is 10.0 Å². The molecule has 0 aromatic heterocycles. The summed E-state index contributed by atoms with van der Waals surface area (Å²) in [5.41, 5.74) is 7.63. The Balaban J connectivity index is 2.10. The van der Waals surface area contributed by atoms with Crippen LogP contribution in [0.2, 0.25) is 5.02 Å². The Morgan fingerprint density at radius 3 is 2.50 bits per heavy atom. The number of nitrogens with one attached hydrogen (secondary N) is 1. The average molecular weight is 354 g/mol. The number of benzene rings is 2. The quantitative estimate of drug-likeness (QED) is 0.813. The van der Waals surface area contributed by atoms with Gasteiger partial charge in [0.05, 0.1) is 16.8 Å². The van der Waals surface area contributed by atoms with E-state index in [-0.39, 0.29) is 11.9 Å². The zero-order chi connectivity index (χ0) is 14.7. The largest absolute Gasteiger partial charge is 0.398 e. The van der Waals surface area contributed by atoms with Gasteiger partial charge in [0.2, 0.25) is 0 Å². The van der Waals surface area contributed by atoms with Crippen LogP contribution >= 0.6 is 27.5 Å². The van der Waals surface area contributed by atoms with E-state index in [0.29, 0.717) is 16.3 Å². The third-order valence-corrected chi connectivity index (χ3v) is 3.85. The normalized spacial score (nSPS) is 11.9. The predicted octanol–water partition coefficient (Wildman–Crippen LogP) is 4.18. The van der Waals surface area contributed by atoms with E-state index in [4.69, 9.17) is 17.3 Å². The molecule has 0 heterocycles. The number of carbonyl (C=O) groups is 1. The number of rotatable bonds is 3. The number of carbonyl (C=O) groups excluding carboxylic acids is 1. The van der Waals surface area contributed by atoms with Gasteiger partial charge < -0.3 is 11.1 Å². The number of hydrogen-bond acceptors (Lipinski definition) is 2. The first-order chi connectivity index (χ1) is 9.47. The second kappa shape index (κ2) is 6.29. The van der Waals surface area contributed by atoms with Crippen molar-refractivity contribution in [2.45, 2.75) is 13.0 Å². The van der Waals surface area contributed by atoms with Crippen LogP contribution in [0.25, 0.3) is 0 Å². The topological polar surface area (TPSA) is 55.1 Å². The van der Waals surface area contributed by atoms with Gasteiger partial charge in [-0.1, -0.05) is 39.7 Å². The maximum Gasteiger partial charge on any atom is 0.251 e. The van der Waals surface area contributed by atoms with Gasteiger partial charge in [0, 0.05) is 10.0 Å². The first-order valence-electron chi connectivity index (χ1n) is 6.08. The molecule has 2 aromatic rings. The smallest absolute Gasteiger partial charge is 0.251 e. The minimum Gasteiger partial charge on any atom is -0.398 e. The Labute approximate surface area is 131 Å². The lowest BCUT2D eigenvalue weighted by atomic mass is 10.1. The van der Waals surface area contributed by atoms with Crippen LogP contribution in [-0.4, -0.2) is 5.91 Å². The summed E-state index contributed by atoms with van der Waals surface area (Å²) in [6.45, 7) is 1.93. The van der Waals surface area contributed by atoms with Crippen molar-refractivity contribution in [1.82, 2.24) is 5.32 Å².